The molecule has 2 aliphatic carbocycles. The van der Waals surface area contributed by atoms with Crippen LogP contribution >= 0.6 is 12.6 Å². The number of benzene rings is 1. The zero-order valence-electron chi connectivity index (χ0n) is 11.6. The Bertz CT molecular complexity index is 533. The minimum atomic E-state index is -0.397. The molecule has 2 nitrogen and oxygen atoms in total. The molecule has 0 spiro atoms. The van der Waals surface area contributed by atoms with Gasteiger partial charge in [0.2, 0.25) is 0 Å². The Morgan fingerprint density at radius 3 is 2.80 bits per heavy atom. The quantitative estimate of drug-likeness (QED) is 0.818. The first-order valence-corrected chi connectivity index (χ1v) is 7.78. The summed E-state index contributed by atoms with van der Waals surface area (Å²) in [6.07, 6.45) is 5.26. The maximum absolute atomic E-state index is 13.2. The first-order valence-electron chi connectivity index (χ1n) is 7.34. The molecule has 2 fully saturated rings. The maximum atomic E-state index is 13.2. The standard InChI is InChI=1S/C16H20FNOS/c1-9(13-7-10-2-3-11(13)6-10)18-16(19)12-4-5-14(17)15(20)8-12/h4-5,8-11,13,20H,2-3,6-7H2,1H3,(H,18,19). The Hall–Kier alpha value is -1.03. The average molecular weight is 293 g/mol. The number of carbonyl (C=O) groups excluding carboxylic acids is 1. The highest BCUT2D eigenvalue weighted by Crippen LogP contribution is 2.49. The van der Waals surface area contributed by atoms with Gasteiger partial charge in [0, 0.05) is 16.5 Å². The van der Waals surface area contributed by atoms with E-state index in [0.29, 0.717) is 11.5 Å². The molecule has 0 heterocycles. The van der Waals surface area contributed by atoms with Crippen LogP contribution in [0.2, 0.25) is 0 Å². The van der Waals surface area contributed by atoms with Crippen LogP contribution in [0.3, 0.4) is 0 Å². The third kappa shape index (κ3) is 2.58. The second-order valence-corrected chi connectivity index (χ2v) is 6.75. The van der Waals surface area contributed by atoms with Crippen molar-refractivity contribution in [2.75, 3.05) is 0 Å². The summed E-state index contributed by atoms with van der Waals surface area (Å²) in [5.74, 6) is 1.73. The summed E-state index contributed by atoms with van der Waals surface area (Å²) >= 11 is 4.02. The second-order valence-electron chi connectivity index (χ2n) is 6.27. The maximum Gasteiger partial charge on any atom is 0.251 e. The van der Waals surface area contributed by atoms with Crippen molar-refractivity contribution >= 4 is 18.5 Å². The Morgan fingerprint density at radius 1 is 1.40 bits per heavy atom. The molecule has 0 aromatic heterocycles. The van der Waals surface area contributed by atoms with Crippen LogP contribution in [-0.4, -0.2) is 11.9 Å². The van der Waals surface area contributed by atoms with Gasteiger partial charge in [-0.2, -0.15) is 0 Å². The Kier molecular flexibility index (Phi) is 3.76. The predicted molar refractivity (Wildman–Crippen MR) is 79.5 cm³/mol. The van der Waals surface area contributed by atoms with Crippen LogP contribution in [0.25, 0.3) is 0 Å². The number of amides is 1. The van der Waals surface area contributed by atoms with Crippen LogP contribution in [0.1, 0.15) is 43.0 Å². The molecule has 20 heavy (non-hydrogen) atoms. The van der Waals surface area contributed by atoms with E-state index in [0.717, 1.165) is 11.8 Å². The van der Waals surface area contributed by atoms with Gasteiger partial charge < -0.3 is 5.32 Å². The van der Waals surface area contributed by atoms with Gasteiger partial charge in [-0.05, 0) is 62.1 Å². The van der Waals surface area contributed by atoms with Gasteiger partial charge in [-0.25, -0.2) is 4.39 Å². The summed E-state index contributed by atoms with van der Waals surface area (Å²) in [4.78, 5) is 12.4. The molecule has 4 unspecified atom stereocenters. The molecule has 1 N–H and O–H groups in total. The Balaban J connectivity index is 1.65. The highest BCUT2D eigenvalue weighted by Gasteiger charge is 2.42. The van der Waals surface area contributed by atoms with Crippen molar-refractivity contribution in [2.45, 2.75) is 43.5 Å². The van der Waals surface area contributed by atoms with Gasteiger partial charge in [0.05, 0.1) is 0 Å². The molecule has 108 valence electrons. The van der Waals surface area contributed by atoms with Crippen molar-refractivity contribution in [3.05, 3.63) is 29.6 Å². The number of halogens is 1. The number of hydrogen-bond acceptors (Lipinski definition) is 2. The van der Waals surface area contributed by atoms with E-state index in [2.05, 4.69) is 24.9 Å². The molecule has 0 aliphatic heterocycles. The molecule has 0 radical (unpaired) electrons. The van der Waals surface area contributed by atoms with Gasteiger partial charge in [-0.1, -0.05) is 6.42 Å². The zero-order chi connectivity index (χ0) is 14.3. The fourth-order valence-corrected chi connectivity index (χ4v) is 4.17. The molecule has 1 aromatic carbocycles. The van der Waals surface area contributed by atoms with Gasteiger partial charge in [-0.3, -0.25) is 4.79 Å². The first-order chi connectivity index (χ1) is 9.54. The highest BCUT2D eigenvalue weighted by atomic mass is 32.1. The van der Waals surface area contributed by atoms with Crippen molar-refractivity contribution in [3.63, 3.8) is 0 Å². The number of carbonyl (C=O) groups is 1. The molecule has 1 aromatic rings. The average Bonchev–Trinajstić information content (AvgIpc) is 3.04. The summed E-state index contributed by atoms with van der Waals surface area (Å²) < 4.78 is 13.2. The van der Waals surface area contributed by atoms with E-state index in [1.807, 2.05) is 0 Å². The number of fused-ring (bicyclic) bond motifs is 2. The summed E-state index contributed by atoms with van der Waals surface area (Å²) in [5.41, 5.74) is 0.478. The lowest BCUT2D eigenvalue weighted by Gasteiger charge is -2.28. The second kappa shape index (κ2) is 5.40. The van der Waals surface area contributed by atoms with E-state index < -0.39 is 5.82 Å². The molecule has 2 saturated carbocycles. The van der Waals surface area contributed by atoms with Crippen molar-refractivity contribution in [1.82, 2.24) is 5.32 Å². The number of nitrogens with one attached hydrogen (secondary N) is 1. The van der Waals surface area contributed by atoms with Crippen molar-refractivity contribution in [2.24, 2.45) is 17.8 Å². The zero-order valence-corrected chi connectivity index (χ0v) is 12.5. The fourth-order valence-electron chi connectivity index (χ4n) is 3.96. The van der Waals surface area contributed by atoms with Crippen LogP contribution in [0, 0.1) is 23.6 Å². The number of hydrogen-bond donors (Lipinski definition) is 2. The molecular formula is C16H20FNOS. The number of thiol groups is 1. The van der Waals surface area contributed by atoms with Gasteiger partial charge in [0.1, 0.15) is 5.82 Å². The predicted octanol–water partition coefficient (Wildman–Crippen LogP) is 3.67. The highest BCUT2D eigenvalue weighted by molar-refractivity contribution is 7.80. The molecule has 4 heteroatoms. The molecule has 4 atom stereocenters. The van der Waals surface area contributed by atoms with E-state index in [1.165, 1.54) is 43.9 Å². The minimum absolute atomic E-state index is 0.129. The lowest BCUT2D eigenvalue weighted by atomic mass is 9.84. The van der Waals surface area contributed by atoms with Crippen LogP contribution in [0.4, 0.5) is 4.39 Å². The summed E-state index contributed by atoms with van der Waals surface area (Å²) in [6, 6.07) is 4.48. The smallest absolute Gasteiger partial charge is 0.251 e. The molecule has 2 bridgehead atoms. The largest absolute Gasteiger partial charge is 0.349 e. The summed E-state index contributed by atoms with van der Waals surface area (Å²) in [6.45, 7) is 2.09. The van der Waals surface area contributed by atoms with Crippen LogP contribution in [0.5, 0.6) is 0 Å². The molecule has 1 amide bonds. The lowest BCUT2D eigenvalue weighted by Crippen LogP contribution is -2.40. The van der Waals surface area contributed by atoms with E-state index in [1.54, 1.807) is 0 Å². The number of rotatable bonds is 3. The molecular weight excluding hydrogens is 273 g/mol. The monoisotopic (exact) mass is 293 g/mol. The Morgan fingerprint density at radius 2 is 2.20 bits per heavy atom. The lowest BCUT2D eigenvalue weighted by molar-refractivity contribution is 0.0915. The van der Waals surface area contributed by atoms with Crippen LogP contribution in [-0.2, 0) is 0 Å². The summed E-state index contributed by atoms with van der Waals surface area (Å²) in [7, 11) is 0. The molecule has 2 aliphatic rings. The Labute approximate surface area is 124 Å². The van der Waals surface area contributed by atoms with Gasteiger partial charge >= 0.3 is 0 Å². The van der Waals surface area contributed by atoms with Crippen molar-refractivity contribution in [1.29, 1.82) is 0 Å². The minimum Gasteiger partial charge on any atom is -0.349 e. The normalized spacial score (nSPS) is 29.4. The van der Waals surface area contributed by atoms with E-state index in [9.17, 15) is 9.18 Å². The third-order valence-electron chi connectivity index (χ3n) is 5.00. The molecule has 3 rings (SSSR count). The van der Waals surface area contributed by atoms with Crippen LogP contribution < -0.4 is 5.32 Å². The summed E-state index contributed by atoms with van der Waals surface area (Å²) in [5, 5.41) is 3.07. The fraction of sp³-hybridized carbons (Fsp3) is 0.562. The first kappa shape index (κ1) is 13.9. The third-order valence-corrected chi connectivity index (χ3v) is 5.34. The SMILES string of the molecule is CC(NC(=O)c1ccc(F)c(S)c1)C1CC2CCC1C2. The van der Waals surface area contributed by atoms with Gasteiger partial charge in [0.25, 0.3) is 5.91 Å². The van der Waals surface area contributed by atoms with E-state index in [-0.39, 0.29) is 16.8 Å². The van der Waals surface area contributed by atoms with Gasteiger partial charge in [0.15, 0.2) is 0 Å². The van der Waals surface area contributed by atoms with E-state index >= 15 is 0 Å². The van der Waals surface area contributed by atoms with Crippen molar-refractivity contribution < 1.29 is 9.18 Å². The van der Waals surface area contributed by atoms with E-state index in [4.69, 9.17) is 0 Å². The molecule has 0 saturated heterocycles. The topological polar surface area (TPSA) is 29.1 Å². The van der Waals surface area contributed by atoms with Crippen molar-refractivity contribution in [3.8, 4) is 0 Å². The van der Waals surface area contributed by atoms with Crippen LogP contribution in [0.15, 0.2) is 23.1 Å². The van der Waals surface area contributed by atoms with Gasteiger partial charge in [-0.15, -0.1) is 12.6 Å².